The van der Waals surface area contributed by atoms with E-state index in [0.29, 0.717) is 25.8 Å². The van der Waals surface area contributed by atoms with Crippen LogP contribution in [-0.2, 0) is 33.4 Å². The lowest BCUT2D eigenvalue weighted by Crippen LogP contribution is -2.28. The highest BCUT2D eigenvalue weighted by Crippen LogP contribution is 2.07. The maximum Gasteiger partial charge on any atom is 0.325 e. The number of carbonyl (C=O) groups excluding carboxylic acids is 4. The van der Waals surface area contributed by atoms with Crippen molar-refractivity contribution in [2.24, 2.45) is 5.11 Å². The van der Waals surface area contributed by atoms with Gasteiger partial charge in [-0.3, -0.25) is 19.2 Å². The topological polar surface area (TPSA) is 158 Å². The molecular weight excluding hydrogens is 486 g/mol. The van der Waals surface area contributed by atoms with Crippen molar-refractivity contribution in [3.63, 3.8) is 0 Å². The van der Waals surface area contributed by atoms with Gasteiger partial charge in [0, 0.05) is 67.5 Å². The second-order valence-electron chi connectivity index (χ2n) is 7.56. The molecule has 0 N–H and O–H groups in total. The van der Waals surface area contributed by atoms with E-state index in [1.807, 2.05) is 0 Å². The number of methoxy groups -OCH3 is 3. The molecule has 0 spiro atoms. The van der Waals surface area contributed by atoms with E-state index in [1.54, 1.807) is 54.5 Å². The molecule has 14 nitrogen and oxygen atoms in total. The van der Waals surface area contributed by atoms with E-state index >= 15 is 0 Å². The van der Waals surface area contributed by atoms with Crippen molar-refractivity contribution in [1.82, 2.24) is 19.6 Å². The highest BCUT2D eigenvalue weighted by molar-refractivity contribution is 5.80. The lowest BCUT2D eigenvalue weighted by Gasteiger charge is -2.23. The molecule has 37 heavy (non-hydrogen) atoms. The monoisotopic (exact) mass is 519 g/mol. The molecule has 1 aliphatic rings. The smallest absolute Gasteiger partial charge is 0.325 e. The third kappa shape index (κ3) is 13.9. The first-order chi connectivity index (χ1) is 17.8. The highest BCUT2D eigenvalue weighted by Gasteiger charge is 2.12. The molecule has 0 radical (unpaired) electrons. The van der Waals surface area contributed by atoms with Gasteiger partial charge in [-0.25, -0.2) is 0 Å². The number of rotatable bonds is 13. The molecule has 1 aliphatic heterocycles. The summed E-state index contributed by atoms with van der Waals surface area (Å²) in [5.41, 5.74) is 8.34. The van der Waals surface area contributed by atoms with Gasteiger partial charge in [-0.05, 0) is 18.4 Å². The van der Waals surface area contributed by atoms with E-state index in [9.17, 15) is 19.2 Å². The van der Waals surface area contributed by atoms with Crippen molar-refractivity contribution in [3.8, 4) is 0 Å². The zero-order chi connectivity index (χ0) is 27.5. The number of hydrogen-bond acceptors (Lipinski definition) is 12. The molecule has 0 aromatic carbocycles. The van der Waals surface area contributed by atoms with Crippen LogP contribution in [0.25, 0.3) is 10.4 Å². The zero-order valence-corrected chi connectivity index (χ0v) is 21.3. The molecule has 1 heterocycles. The predicted octanol–water partition coefficient (Wildman–Crippen LogP) is 1.66. The van der Waals surface area contributed by atoms with Gasteiger partial charge in [0.15, 0.2) is 5.78 Å². The number of hydrogen-bond donors (Lipinski definition) is 0. The quantitative estimate of drug-likeness (QED) is 0.0870. The first-order valence-electron chi connectivity index (χ1n) is 11.3. The lowest BCUT2D eigenvalue weighted by molar-refractivity contribution is -0.141. The molecule has 0 saturated heterocycles. The van der Waals surface area contributed by atoms with Crippen LogP contribution < -0.4 is 0 Å². The van der Waals surface area contributed by atoms with Crippen molar-refractivity contribution in [1.29, 1.82) is 0 Å². The van der Waals surface area contributed by atoms with Gasteiger partial charge in [-0.15, -0.1) is 0 Å². The van der Waals surface area contributed by atoms with Crippen LogP contribution in [0.3, 0.4) is 0 Å². The lowest BCUT2D eigenvalue weighted by atomic mass is 10.1. The second kappa shape index (κ2) is 17.9. The number of esters is 3. The largest absolute Gasteiger partial charge is 0.468 e. The molecule has 0 fully saturated rings. The van der Waals surface area contributed by atoms with Gasteiger partial charge in [0.05, 0.1) is 27.9 Å². The molecule has 0 atom stereocenters. The first-order valence-corrected chi connectivity index (χ1v) is 11.3. The third-order valence-corrected chi connectivity index (χ3v) is 4.80. The van der Waals surface area contributed by atoms with Gasteiger partial charge in [0.2, 0.25) is 0 Å². The molecule has 14 heteroatoms. The maximum atomic E-state index is 12.5. The van der Waals surface area contributed by atoms with E-state index in [1.165, 1.54) is 36.0 Å². The SMILES string of the molecule is COC(=O)CN1C=CN(CC(=O)OC)/C=C\N(CC(=O)OC)/C=C\N(CC(=O)CCCCN=[N+]=[N-])/C=C\1. The van der Waals surface area contributed by atoms with E-state index in [-0.39, 0.29) is 32.0 Å². The van der Waals surface area contributed by atoms with E-state index in [4.69, 9.17) is 19.7 Å². The normalized spacial score (nSPS) is 16.0. The summed E-state index contributed by atoms with van der Waals surface area (Å²) in [5.74, 6) is -1.56. The number of azide groups is 1. The fourth-order valence-electron chi connectivity index (χ4n) is 2.78. The van der Waals surface area contributed by atoms with Crippen LogP contribution in [0.1, 0.15) is 19.3 Å². The van der Waals surface area contributed by atoms with Gasteiger partial charge in [0.25, 0.3) is 0 Å². The van der Waals surface area contributed by atoms with Crippen molar-refractivity contribution >= 4 is 23.7 Å². The zero-order valence-electron chi connectivity index (χ0n) is 21.3. The minimum Gasteiger partial charge on any atom is -0.468 e. The van der Waals surface area contributed by atoms with Crippen molar-refractivity contribution in [3.05, 3.63) is 60.0 Å². The van der Waals surface area contributed by atoms with Crippen molar-refractivity contribution in [2.75, 3.05) is 54.1 Å². The molecule has 202 valence electrons. The number of Topliss-reactive ketones (excluding diaryl/α,β-unsaturated/α-hetero) is 1. The summed E-state index contributed by atoms with van der Waals surface area (Å²) >= 11 is 0. The highest BCUT2D eigenvalue weighted by atomic mass is 16.5. The Morgan fingerprint density at radius 1 is 0.649 bits per heavy atom. The van der Waals surface area contributed by atoms with Gasteiger partial charge >= 0.3 is 17.9 Å². The Bertz CT molecular complexity index is 896. The number of carbonyl (C=O) groups is 4. The number of nitrogens with zero attached hydrogens (tertiary/aromatic N) is 7. The van der Waals surface area contributed by atoms with Crippen LogP contribution in [0.5, 0.6) is 0 Å². The van der Waals surface area contributed by atoms with E-state index < -0.39 is 17.9 Å². The van der Waals surface area contributed by atoms with Gasteiger partial charge in [-0.2, -0.15) is 0 Å². The van der Waals surface area contributed by atoms with Crippen LogP contribution in [0.15, 0.2) is 54.7 Å². The molecular formula is C23H33N7O7. The minimum atomic E-state index is -0.504. The number of ketones is 1. The number of unbranched alkanes of at least 4 members (excludes halogenated alkanes) is 1. The maximum absolute atomic E-state index is 12.5. The molecule has 0 aliphatic carbocycles. The molecule has 0 bridgehead atoms. The summed E-state index contributed by atoms with van der Waals surface area (Å²) in [7, 11) is 3.80. The standard InChI is InChI=1S/C23H33N7O7/c1-35-21(32)17-28-10-8-27(16-20(31)6-4-5-7-25-26-24)9-11-29(18-22(33)36-2)13-15-30(14-12-28)19-23(34)37-3/h8-15H,4-7,16-19H2,1-3H3/b10-8-,11-9-,14-12-,15-13?. The predicted molar refractivity (Wildman–Crippen MR) is 132 cm³/mol. The molecule has 0 unspecified atom stereocenters. The van der Waals surface area contributed by atoms with E-state index in [0.717, 1.165) is 0 Å². The summed E-state index contributed by atoms with van der Waals surface area (Å²) in [6, 6.07) is 0. The summed E-state index contributed by atoms with van der Waals surface area (Å²) in [6.45, 7) is -0.0366. The Hall–Kier alpha value is -4.45. The average Bonchev–Trinajstić information content (AvgIpc) is 2.89. The Balaban J connectivity index is 3.20. The Morgan fingerprint density at radius 2 is 1.00 bits per heavy atom. The summed E-state index contributed by atoms with van der Waals surface area (Å²) in [4.78, 5) is 57.0. The summed E-state index contributed by atoms with van der Waals surface area (Å²) < 4.78 is 14.2. The van der Waals surface area contributed by atoms with Crippen LogP contribution >= 0.6 is 0 Å². The fraction of sp³-hybridized carbons (Fsp3) is 0.478. The molecule has 1 rings (SSSR count). The van der Waals surface area contributed by atoms with Crippen LogP contribution in [-0.4, -0.2) is 97.3 Å². The Kier molecular flexibility index (Phi) is 14.8. The summed E-state index contributed by atoms with van der Waals surface area (Å²) in [5, 5.41) is 3.45. The number of ether oxygens (including phenoxy) is 3. The van der Waals surface area contributed by atoms with Crippen LogP contribution in [0.2, 0.25) is 0 Å². The second-order valence-corrected chi connectivity index (χ2v) is 7.56. The molecule has 0 amide bonds. The van der Waals surface area contributed by atoms with Crippen molar-refractivity contribution < 1.29 is 33.4 Å². The van der Waals surface area contributed by atoms with Crippen LogP contribution in [0.4, 0.5) is 0 Å². The molecule has 0 aromatic rings. The Morgan fingerprint density at radius 3 is 1.32 bits per heavy atom. The van der Waals surface area contributed by atoms with E-state index in [2.05, 4.69) is 10.0 Å². The fourth-order valence-corrected chi connectivity index (χ4v) is 2.78. The average molecular weight is 520 g/mol. The Labute approximate surface area is 215 Å². The molecule has 0 saturated carbocycles. The van der Waals surface area contributed by atoms with Gasteiger partial charge in [-0.1, -0.05) is 5.11 Å². The van der Waals surface area contributed by atoms with Crippen LogP contribution in [0, 0.1) is 0 Å². The minimum absolute atomic E-state index is 0.0224. The summed E-state index contributed by atoms with van der Waals surface area (Å²) in [6.07, 6.45) is 14.0. The van der Waals surface area contributed by atoms with Crippen molar-refractivity contribution in [2.45, 2.75) is 19.3 Å². The third-order valence-electron chi connectivity index (χ3n) is 4.80. The van der Waals surface area contributed by atoms with Gasteiger partial charge < -0.3 is 33.8 Å². The van der Waals surface area contributed by atoms with Gasteiger partial charge in [0.1, 0.15) is 19.6 Å². The first kappa shape index (κ1) is 30.6. The molecule has 0 aromatic heterocycles.